The van der Waals surface area contributed by atoms with E-state index in [-0.39, 0.29) is 30.1 Å². The predicted molar refractivity (Wildman–Crippen MR) is 92.1 cm³/mol. The molecule has 24 heavy (non-hydrogen) atoms. The Morgan fingerprint density at radius 2 is 2.12 bits per heavy atom. The lowest BCUT2D eigenvalue weighted by atomic mass is 10.1. The van der Waals surface area contributed by atoms with E-state index in [2.05, 4.69) is 10.6 Å². The summed E-state index contributed by atoms with van der Waals surface area (Å²) >= 11 is 0. The fourth-order valence-corrected chi connectivity index (χ4v) is 3.50. The second-order valence-corrected chi connectivity index (χ2v) is 6.74. The maximum Gasteiger partial charge on any atom is 0.319 e. The molecular formula is C18H25N3O3. The number of carbonyl (C=O) groups excluding carboxylic acids is 2. The van der Waals surface area contributed by atoms with Gasteiger partial charge in [-0.3, -0.25) is 4.79 Å². The van der Waals surface area contributed by atoms with E-state index in [1.807, 2.05) is 18.7 Å². The first-order valence-electron chi connectivity index (χ1n) is 8.65. The normalized spacial score (nSPS) is 23.0. The lowest BCUT2D eigenvalue weighted by Crippen LogP contribution is -2.51. The Kier molecular flexibility index (Phi) is 5.04. The number of anilines is 1. The van der Waals surface area contributed by atoms with Gasteiger partial charge in [-0.1, -0.05) is 6.07 Å². The van der Waals surface area contributed by atoms with Crippen molar-refractivity contribution in [2.24, 2.45) is 0 Å². The van der Waals surface area contributed by atoms with Crippen molar-refractivity contribution in [2.45, 2.75) is 51.3 Å². The molecule has 2 aliphatic rings. The molecule has 0 spiro atoms. The SMILES string of the molecule is CC(C)NC(=O)Nc1cccc(C(=O)N2CCO[C@H]3CCC[C@H]32)c1. The predicted octanol–water partition coefficient (Wildman–Crippen LogP) is 2.61. The molecule has 2 N–H and O–H groups in total. The van der Waals surface area contributed by atoms with E-state index in [1.165, 1.54) is 0 Å². The molecule has 0 unspecified atom stereocenters. The number of hydrogen-bond donors (Lipinski definition) is 2. The summed E-state index contributed by atoms with van der Waals surface area (Å²) in [6.07, 6.45) is 3.33. The minimum atomic E-state index is -0.267. The van der Waals surface area contributed by atoms with Crippen LogP contribution in [0.3, 0.4) is 0 Å². The van der Waals surface area contributed by atoms with Gasteiger partial charge in [0.2, 0.25) is 0 Å². The quantitative estimate of drug-likeness (QED) is 0.894. The summed E-state index contributed by atoms with van der Waals surface area (Å²) in [6, 6.07) is 7.10. The van der Waals surface area contributed by atoms with Crippen molar-refractivity contribution in [1.82, 2.24) is 10.2 Å². The summed E-state index contributed by atoms with van der Waals surface area (Å²) in [5, 5.41) is 5.54. The minimum Gasteiger partial charge on any atom is -0.374 e. The van der Waals surface area contributed by atoms with Gasteiger partial charge in [-0.25, -0.2) is 4.79 Å². The molecule has 1 saturated heterocycles. The van der Waals surface area contributed by atoms with Gasteiger partial charge in [0, 0.05) is 23.8 Å². The van der Waals surface area contributed by atoms with Crippen molar-refractivity contribution in [1.29, 1.82) is 0 Å². The van der Waals surface area contributed by atoms with Gasteiger partial charge in [0.25, 0.3) is 5.91 Å². The van der Waals surface area contributed by atoms with E-state index in [1.54, 1.807) is 24.3 Å². The molecule has 0 radical (unpaired) electrons. The summed E-state index contributed by atoms with van der Waals surface area (Å²) in [5.74, 6) is 0.0168. The highest BCUT2D eigenvalue weighted by atomic mass is 16.5. The number of rotatable bonds is 3. The van der Waals surface area contributed by atoms with E-state index in [0.29, 0.717) is 24.4 Å². The van der Waals surface area contributed by atoms with Crippen LogP contribution in [-0.4, -0.2) is 48.2 Å². The van der Waals surface area contributed by atoms with Crippen LogP contribution in [-0.2, 0) is 4.74 Å². The fourth-order valence-electron chi connectivity index (χ4n) is 3.50. The first kappa shape index (κ1) is 16.8. The molecule has 2 atom stereocenters. The summed E-state index contributed by atoms with van der Waals surface area (Å²) in [4.78, 5) is 26.7. The standard InChI is InChI=1S/C18H25N3O3/c1-12(2)19-18(23)20-14-6-3-5-13(11-14)17(22)21-9-10-24-16-8-4-7-15(16)21/h3,5-6,11-12,15-16H,4,7-10H2,1-2H3,(H2,19,20,23)/t15-,16+/m1/s1. The zero-order valence-corrected chi connectivity index (χ0v) is 14.2. The number of urea groups is 1. The minimum absolute atomic E-state index is 0.0168. The molecule has 1 aromatic rings. The van der Waals surface area contributed by atoms with Gasteiger partial charge in [0.05, 0.1) is 18.8 Å². The Morgan fingerprint density at radius 3 is 2.92 bits per heavy atom. The maximum absolute atomic E-state index is 12.9. The average Bonchev–Trinajstić information content (AvgIpc) is 3.02. The molecule has 1 aliphatic carbocycles. The van der Waals surface area contributed by atoms with Crippen LogP contribution >= 0.6 is 0 Å². The van der Waals surface area contributed by atoms with Crippen molar-refractivity contribution in [3.05, 3.63) is 29.8 Å². The van der Waals surface area contributed by atoms with E-state index in [4.69, 9.17) is 4.74 Å². The number of ether oxygens (including phenoxy) is 1. The average molecular weight is 331 g/mol. The molecular weight excluding hydrogens is 306 g/mol. The Balaban J connectivity index is 1.71. The molecule has 0 bridgehead atoms. The van der Waals surface area contributed by atoms with Crippen LogP contribution in [0, 0.1) is 0 Å². The van der Waals surface area contributed by atoms with E-state index >= 15 is 0 Å². The summed E-state index contributed by atoms with van der Waals surface area (Å²) in [7, 11) is 0. The van der Waals surface area contributed by atoms with Crippen molar-refractivity contribution < 1.29 is 14.3 Å². The Labute approximate surface area is 142 Å². The molecule has 1 saturated carbocycles. The topological polar surface area (TPSA) is 70.7 Å². The number of morpholine rings is 1. The Morgan fingerprint density at radius 1 is 1.29 bits per heavy atom. The van der Waals surface area contributed by atoms with E-state index in [0.717, 1.165) is 19.3 Å². The monoisotopic (exact) mass is 331 g/mol. The molecule has 1 heterocycles. The van der Waals surface area contributed by atoms with Crippen molar-refractivity contribution in [2.75, 3.05) is 18.5 Å². The van der Waals surface area contributed by atoms with Crippen LogP contribution < -0.4 is 10.6 Å². The van der Waals surface area contributed by atoms with Crippen LogP contribution in [0.1, 0.15) is 43.5 Å². The van der Waals surface area contributed by atoms with Crippen molar-refractivity contribution >= 4 is 17.6 Å². The first-order valence-corrected chi connectivity index (χ1v) is 8.65. The van der Waals surface area contributed by atoms with Crippen molar-refractivity contribution in [3.8, 4) is 0 Å². The van der Waals surface area contributed by atoms with Gasteiger partial charge in [-0.15, -0.1) is 0 Å². The molecule has 3 amide bonds. The smallest absolute Gasteiger partial charge is 0.319 e. The van der Waals surface area contributed by atoms with Gasteiger partial charge in [-0.2, -0.15) is 0 Å². The van der Waals surface area contributed by atoms with Crippen LogP contribution in [0.4, 0.5) is 10.5 Å². The molecule has 1 aromatic carbocycles. The summed E-state index contributed by atoms with van der Waals surface area (Å²) in [5.41, 5.74) is 1.22. The third kappa shape index (κ3) is 3.70. The second-order valence-electron chi connectivity index (χ2n) is 6.74. The first-order chi connectivity index (χ1) is 11.5. The van der Waals surface area contributed by atoms with Crippen LogP contribution in [0.15, 0.2) is 24.3 Å². The Hall–Kier alpha value is -2.08. The maximum atomic E-state index is 12.9. The Bertz CT molecular complexity index is 617. The molecule has 6 nitrogen and oxygen atoms in total. The zero-order chi connectivity index (χ0) is 17.1. The number of hydrogen-bond acceptors (Lipinski definition) is 3. The van der Waals surface area contributed by atoms with Crippen LogP contribution in [0.2, 0.25) is 0 Å². The zero-order valence-electron chi connectivity index (χ0n) is 14.2. The highest BCUT2D eigenvalue weighted by Crippen LogP contribution is 2.30. The van der Waals surface area contributed by atoms with Gasteiger partial charge < -0.3 is 20.3 Å². The van der Waals surface area contributed by atoms with Crippen molar-refractivity contribution in [3.63, 3.8) is 0 Å². The van der Waals surface area contributed by atoms with Gasteiger partial charge in [-0.05, 0) is 51.3 Å². The summed E-state index contributed by atoms with van der Waals surface area (Å²) < 4.78 is 5.77. The number of nitrogens with one attached hydrogen (secondary N) is 2. The van der Waals surface area contributed by atoms with Gasteiger partial charge in [0.15, 0.2) is 0 Å². The van der Waals surface area contributed by atoms with Gasteiger partial charge >= 0.3 is 6.03 Å². The molecule has 2 fully saturated rings. The number of nitrogens with zero attached hydrogens (tertiary/aromatic N) is 1. The van der Waals surface area contributed by atoms with E-state index < -0.39 is 0 Å². The second kappa shape index (κ2) is 7.21. The molecule has 1 aliphatic heterocycles. The number of fused-ring (bicyclic) bond motifs is 1. The number of carbonyl (C=O) groups is 2. The highest BCUT2D eigenvalue weighted by Gasteiger charge is 2.38. The lowest BCUT2D eigenvalue weighted by Gasteiger charge is -2.37. The molecule has 6 heteroatoms. The fraction of sp³-hybridized carbons (Fsp3) is 0.556. The third-order valence-electron chi connectivity index (χ3n) is 4.53. The third-order valence-corrected chi connectivity index (χ3v) is 4.53. The lowest BCUT2D eigenvalue weighted by molar-refractivity contribution is -0.0445. The molecule has 3 rings (SSSR count). The number of benzene rings is 1. The van der Waals surface area contributed by atoms with Crippen LogP contribution in [0.25, 0.3) is 0 Å². The molecule has 0 aromatic heterocycles. The molecule has 130 valence electrons. The summed E-state index contributed by atoms with van der Waals surface area (Å²) in [6.45, 7) is 5.03. The largest absolute Gasteiger partial charge is 0.374 e. The highest BCUT2D eigenvalue weighted by molar-refractivity contribution is 5.97. The van der Waals surface area contributed by atoms with Crippen LogP contribution in [0.5, 0.6) is 0 Å². The van der Waals surface area contributed by atoms with Gasteiger partial charge in [0.1, 0.15) is 0 Å². The van der Waals surface area contributed by atoms with E-state index in [9.17, 15) is 9.59 Å². The number of amides is 3.